The minimum Gasteiger partial charge on any atom is -0.289 e. The molecule has 0 aliphatic carbocycles. The van der Waals surface area contributed by atoms with E-state index in [2.05, 4.69) is 0 Å². The Labute approximate surface area is 160 Å². The number of halogens is 1. The molecule has 0 bridgehead atoms. The summed E-state index contributed by atoms with van der Waals surface area (Å²) in [5.41, 5.74) is 1.58. The number of hydrogen-bond acceptors (Lipinski definition) is 4. The van der Waals surface area contributed by atoms with Crippen LogP contribution in [0.15, 0.2) is 76.5 Å². The van der Waals surface area contributed by atoms with Gasteiger partial charge in [0.15, 0.2) is 5.78 Å². The molecule has 0 aliphatic rings. The molecule has 0 saturated carbocycles. The van der Waals surface area contributed by atoms with Crippen molar-refractivity contribution < 1.29 is 9.72 Å². The van der Waals surface area contributed by atoms with Gasteiger partial charge in [0, 0.05) is 27.1 Å². The van der Waals surface area contributed by atoms with E-state index in [1.807, 2.05) is 19.1 Å². The number of carbonyl (C=O) groups excluding carboxylic acids is 1. The summed E-state index contributed by atoms with van der Waals surface area (Å²) in [6.45, 7) is 1.84. The van der Waals surface area contributed by atoms with Crippen molar-refractivity contribution >= 4 is 34.8 Å². The van der Waals surface area contributed by atoms with Gasteiger partial charge in [-0.1, -0.05) is 47.6 Å². The molecule has 6 heteroatoms. The van der Waals surface area contributed by atoms with Crippen LogP contribution < -0.4 is 0 Å². The van der Waals surface area contributed by atoms with Crippen LogP contribution >= 0.6 is 23.4 Å². The summed E-state index contributed by atoms with van der Waals surface area (Å²) in [6, 6.07) is 18.8. The van der Waals surface area contributed by atoms with Crippen LogP contribution in [0.25, 0.3) is 0 Å². The summed E-state index contributed by atoms with van der Waals surface area (Å²) in [4.78, 5) is 25.0. The number of rotatable bonds is 5. The molecule has 26 heavy (non-hydrogen) atoms. The number of carbonyl (C=O) groups is 1. The Morgan fingerprint density at radius 1 is 1.04 bits per heavy atom. The maximum Gasteiger partial charge on any atom is 0.283 e. The SMILES string of the molecule is Cc1ccccc1C(=O)c1ccc(Sc2ccc(Cl)cc2)c([N+](=O)[O-])c1. The standard InChI is InChI=1S/C20H14ClNO3S/c1-13-4-2-3-5-17(13)20(23)14-6-11-19(18(12-14)22(24)25)26-16-9-7-15(21)8-10-16/h2-12H,1H3. The van der Waals surface area contributed by atoms with Crippen LogP contribution in [0, 0.1) is 17.0 Å². The normalized spacial score (nSPS) is 10.5. The molecule has 0 spiro atoms. The van der Waals surface area contributed by atoms with Gasteiger partial charge in [-0.15, -0.1) is 0 Å². The van der Waals surface area contributed by atoms with Crippen LogP contribution in [0.4, 0.5) is 5.69 Å². The lowest BCUT2D eigenvalue weighted by Crippen LogP contribution is -2.04. The number of benzene rings is 3. The van der Waals surface area contributed by atoms with Crippen LogP contribution in [0.3, 0.4) is 0 Å². The van der Waals surface area contributed by atoms with Crippen molar-refractivity contribution in [3.63, 3.8) is 0 Å². The molecule has 4 nitrogen and oxygen atoms in total. The van der Waals surface area contributed by atoms with Gasteiger partial charge in [-0.2, -0.15) is 0 Å². The minimum atomic E-state index is -0.465. The Bertz CT molecular complexity index is 987. The van der Waals surface area contributed by atoms with Gasteiger partial charge in [0.1, 0.15) is 0 Å². The van der Waals surface area contributed by atoms with E-state index in [0.29, 0.717) is 21.0 Å². The number of aryl methyl sites for hydroxylation is 1. The van der Waals surface area contributed by atoms with Gasteiger partial charge in [-0.05, 0) is 48.9 Å². The van der Waals surface area contributed by atoms with Gasteiger partial charge in [0.05, 0.1) is 9.82 Å². The molecule has 0 radical (unpaired) electrons. The van der Waals surface area contributed by atoms with E-state index in [4.69, 9.17) is 11.6 Å². The molecule has 0 aliphatic heterocycles. The number of ketones is 1. The molecule has 0 aromatic heterocycles. The molecular weight excluding hydrogens is 370 g/mol. The zero-order chi connectivity index (χ0) is 18.7. The van der Waals surface area contributed by atoms with Crippen molar-refractivity contribution in [3.8, 4) is 0 Å². The zero-order valence-corrected chi connectivity index (χ0v) is 15.4. The fourth-order valence-electron chi connectivity index (χ4n) is 2.50. The second-order valence-electron chi connectivity index (χ2n) is 5.64. The predicted molar refractivity (Wildman–Crippen MR) is 103 cm³/mol. The van der Waals surface area contributed by atoms with Crippen LogP contribution in [0.5, 0.6) is 0 Å². The molecule has 0 unspecified atom stereocenters. The largest absolute Gasteiger partial charge is 0.289 e. The van der Waals surface area contributed by atoms with Crippen molar-refractivity contribution in [1.29, 1.82) is 0 Å². The summed E-state index contributed by atoms with van der Waals surface area (Å²) >= 11 is 7.13. The first-order chi connectivity index (χ1) is 12.5. The van der Waals surface area contributed by atoms with Gasteiger partial charge in [-0.25, -0.2) is 0 Å². The maximum atomic E-state index is 12.7. The maximum absolute atomic E-state index is 12.7. The van der Waals surface area contributed by atoms with E-state index in [1.165, 1.54) is 17.8 Å². The smallest absolute Gasteiger partial charge is 0.283 e. The fraction of sp³-hybridized carbons (Fsp3) is 0.0500. The molecule has 0 saturated heterocycles. The summed E-state index contributed by atoms with van der Waals surface area (Å²) in [5.74, 6) is -0.228. The average Bonchev–Trinajstić information content (AvgIpc) is 2.63. The molecule has 0 N–H and O–H groups in total. The Kier molecular flexibility index (Phi) is 5.40. The third-order valence-corrected chi connectivity index (χ3v) is 5.17. The van der Waals surface area contributed by atoms with Crippen LogP contribution in [0.1, 0.15) is 21.5 Å². The molecule has 130 valence electrons. The van der Waals surface area contributed by atoms with Gasteiger partial charge in [-0.3, -0.25) is 14.9 Å². The first-order valence-electron chi connectivity index (χ1n) is 7.78. The Hall–Kier alpha value is -2.63. The Morgan fingerprint density at radius 2 is 1.73 bits per heavy atom. The summed E-state index contributed by atoms with van der Waals surface area (Å²) in [6.07, 6.45) is 0. The monoisotopic (exact) mass is 383 g/mol. The van der Waals surface area contributed by atoms with Gasteiger partial charge in [0.2, 0.25) is 0 Å². The quantitative estimate of drug-likeness (QED) is 0.311. The lowest BCUT2D eigenvalue weighted by Gasteiger charge is -2.07. The van der Waals surface area contributed by atoms with Crippen molar-refractivity contribution in [1.82, 2.24) is 0 Å². The van der Waals surface area contributed by atoms with E-state index in [0.717, 1.165) is 10.5 Å². The van der Waals surface area contributed by atoms with Crippen molar-refractivity contribution in [3.05, 3.63) is 98.6 Å². The van der Waals surface area contributed by atoms with E-state index < -0.39 is 4.92 Å². The molecule has 0 fully saturated rings. The van der Waals surface area contributed by atoms with Crippen molar-refractivity contribution in [2.24, 2.45) is 0 Å². The molecule has 0 amide bonds. The van der Waals surface area contributed by atoms with E-state index in [9.17, 15) is 14.9 Å². The minimum absolute atomic E-state index is 0.0932. The molecule has 3 rings (SSSR count). The van der Waals surface area contributed by atoms with Crippen LogP contribution in [-0.4, -0.2) is 10.7 Å². The lowest BCUT2D eigenvalue weighted by atomic mass is 9.99. The second-order valence-corrected chi connectivity index (χ2v) is 7.19. The highest BCUT2D eigenvalue weighted by molar-refractivity contribution is 7.99. The van der Waals surface area contributed by atoms with E-state index in [1.54, 1.807) is 48.5 Å². The predicted octanol–water partition coefficient (Wildman–Crippen LogP) is 5.94. The first kappa shape index (κ1) is 18.2. The third kappa shape index (κ3) is 3.95. The molecule has 3 aromatic rings. The number of nitro groups is 1. The first-order valence-corrected chi connectivity index (χ1v) is 8.97. The summed E-state index contributed by atoms with van der Waals surface area (Å²) in [5, 5.41) is 12.1. The van der Waals surface area contributed by atoms with Gasteiger partial charge >= 0.3 is 0 Å². The lowest BCUT2D eigenvalue weighted by molar-refractivity contribution is -0.387. The third-order valence-electron chi connectivity index (χ3n) is 3.85. The molecule has 0 heterocycles. The van der Waals surface area contributed by atoms with Crippen LogP contribution in [0.2, 0.25) is 5.02 Å². The highest BCUT2D eigenvalue weighted by atomic mass is 35.5. The highest BCUT2D eigenvalue weighted by Gasteiger charge is 2.20. The topological polar surface area (TPSA) is 60.2 Å². The fourth-order valence-corrected chi connectivity index (χ4v) is 3.53. The van der Waals surface area contributed by atoms with Gasteiger partial charge in [0.25, 0.3) is 5.69 Å². The number of nitrogens with zero attached hydrogens (tertiary/aromatic N) is 1. The summed E-state index contributed by atoms with van der Waals surface area (Å²) < 4.78 is 0. The van der Waals surface area contributed by atoms with Crippen molar-refractivity contribution in [2.45, 2.75) is 16.7 Å². The van der Waals surface area contributed by atoms with E-state index in [-0.39, 0.29) is 11.5 Å². The highest BCUT2D eigenvalue weighted by Crippen LogP contribution is 2.36. The van der Waals surface area contributed by atoms with Gasteiger partial charge < -0.3 is 0 Å². The molecule has 3 aromatic carbocycles. The number of nitro benzene ring substituents is 1. The molecule has 0 atom stereocenters. The average molecular weight is 384 g/mol. The molecular formula is C20H14ClNO3S. The second kappa shape index (κ2) is 7.72. The number of hydrogen-bond donors (Lipinski definition) is 0. The van der Waals surface area contributed by atoms with Crippen LogP contribution in [-0.2, 0) is 0 Å². The van der Waals surface area contributed by atoms with Crippen molar-refractivity contribution in [2.75, 3.05) is 0 Å². The Balaban J connectivity index is 1.96. The zero-order valence-electron chi connectivity index (χ0n) is 13.8. The van der Waals surface area contributed by atoms with E-state index >= 15 is 0 Å². The Morgan fingerprint density at radius 3 is 2.38 bits per heavy atom. The summed E-state index contributed by atoms with van der Waals surface area (Å²) in [7, 11) is 0.